The lowest BCUT2D eigenvalue weighted by Gasteiger charge is -2.31. The van der Waals surface area contributed by atoms with Gasteiger partial charge >= 0.3 is 0 Å². The van der Waals surface area contributed by atoms with Gasteiger partial charge in [-0.3, -0.25) is 0 Å². The smallest absolute Gasteiger partial charge is 0.246 e. The molecule has 0 aromatic heterocycles. The van der Waals surface area contributed by atoms with E-state index in [9.17, 15) is 8.42 Å². The van der Waals surface area contributed by atoms with Gasteiger partial charge in [-0.25, -0.2) is 8.42 Å². The third-order valence-corrected chi connectivity index (χ3v) is 6.22. The van der Waals surface area contributed by atoms with E-state index in [0.717, 1.165) is 18.4 Å². The molecule has 0 atom stereocenters. The summed E-state index contributed by atoms with van der Waals surface area (Å²) in [6.07, 6.45) is 1.61. The van der Waals surface area contributed by atoms with Crippen molar-refractivity contribution in [1.82, 2.24) is 4.31 Å². The fraction of sp³-hybridized carbons (Fsp3) is 0.647. The zero-order valence-electron chi connectivity index (χ0n) is 14.7. The van der Waals surface area contributed by atoms with Crippen molar-refractivity contribution >= 4 is 10.0 Å². The van der Waals surface area contributed by atoms with Crippen LogP contribution < -0.4 is 4.74 Å². The summed E-state index contributed by atoms with van der Waals surface area (Å²) in [5.41, 5.74) is 0.899. The van der Waals surface area contributed by atoms with E-state index >= 15 is 0 Å². The highest BCUT2D eigenvalue weighted by Gasteiger charge is 2.31. The van der Waals surface area contributed by atoms with Gasteiger partial charge < -0.3 is 14.2 Å². The van der Waals surface area contributed by atoms with E-state index in [-0.39, 0.29) is 4.90 Å². The molecule has 1 aromatic rings. The summed E-state index contributed by atoms with van der Waals surface area (Å²) in [6, 6.07) is 5.23. The topological polar surface area (TPSA) is 65.1 Å². The quantitative estimate of drug-likeness (QED) is 0.667. The molecule has 1 aliphatic rings. The molecule has 1 fully saturated rings. The number of aryl methyl sites for hydroxylation is 1. The van der Waals surface area contributed by atoms with E-state index in [2.05, 4.69) is 0 Å². The standard InChI is InChI=1S/C17H27NO5S/c1-14-4-5-16(22-3)17(12-14)24(19,20)18-8-6-15(7-9-18)13-23-11-10-21-2/h4-5,12,15H,6-11,13H2,1-3H3. The van der Waals surface area contributed by atoms with Gasteiger partial charge in [0.1, 0.15) is 10.6 Å². The van der Waals surface area contributed by atoms with Gasteiger partial charge in [0, 0.05) is 26.8 Å². The van der Waals surface area contributed by atoms with Crippen molar-refractivity contribution in [1.29, 1.82) is 0 Å². The number of hydrogen-bond acceptors (Lipinski definition) is 5. The molecule has 0 bridgehead atoms. The monoisotopic (exact) mass is 357 g/mol. The highest BCUT2D eigenvalue weighted by molar-refractivity contribution is 7.89. The van der Waals surface area contributed by atoms with Crippen LogP contribution in [0.2, 0.25) is 0 Å². The lowest BCUT2D eigenvalue weighted by Crippen LogP contribution is -2.39. The molecule has 0 spiro atoms. The molecule has 0 saturated carbocycles. The van der Waals surface area contributed by atoms with Gasteiger partial charge in [0.2, 0.25) is 10.0 Å². The summed E-state index contributed by atoms with van der Waals surface area (Å²) in [7, 11) is -0.394. The van der Waals surface area contributed by atoms with Crippen LogP contribution in [0.1, 0.15) is 18.4 Å². The van der Waals surface area contributed by atoms with Crippen LogP contribution in [0.3, 0.4) is 0 Å². The van der Waals surface area contributed by atoms with Crippen molar-refractivity contribution in [3.05, 3.63) is 23.8 Å². The molecule has 1 saturated heterocycles. The number of rotatable bonds is 8. The number of ether oxygens (including phenoxy) is 3. The van der Waals surface area contributed by atoms with Crippen molar-refractivity contribution in [2.45, 2.75) is 24.7 Å². The lowest BCUT2D eigenvalue weighted by molar-refractivity contribution is 0.0410. The van der Waals surface area contributed by atoms with Crippen LogP contribution in [0.25, 0.3) is 0 Å². The molecule has 0 unspecified atom stereocenters. The molecule has 7 heteroatoms. The van der Waals surface area contributed by atoms with E-state index in [4.69, 9.17) is 14.2 Å². The fourth-order valence-electron chi connectivity index (χ4n) is 2.83. The highest BCUT2D eigenvalue weighted by atomic mass is 32.2. The fourth-order valence-corrected chi connectivity index (χ4v) is 4.54. The summed E-state index contributed by atoms with van der Waals surface area (Å²) in [5.74, 6) is 0.790. The highest BCUT2D eigenvalue weighted by Crippen LogP contribution is 2.30. The van der Waals surface area contributed by atoms with E-state index in [1.807, 2.05) is 13.0 Å². The molecule has 2 rings (SSSR count). The number of methoxy groups -OCH3 is 2. The second kappa shape index (κ2) is 8.80. The number of sulfonamides is 1. The first-order valence-corrected chi connectivity index (χ1v) is 9.64. The van der Waals surface area contributed by atoms with Gasteiger partial charge in [0.05, 0.1) is 20.3 Å². The van der Waals surface area contributed by atoms with Crippen molar-refractivity contribution in [3.63, 3.8) is 0 Å². The minimum Gasteiger partial charge on any atom is -0.495 e. The summed E-state index contributed by atoms with van der Waals surface area (Å²) < 4.78 is 43.1. The number of hydrogen-bond donors (Lipinski definition) is 0. The van der Waals surface area contributed by atoms with E-state index in [1.165, 1.54) is 7.11 Å². The Labute approximate surface area is 144 Å². The molecular weight excluding hydrogens is 330 g/mol. The molecule has 0 radical (unpaired) electrons. The Hall–Kier alpha value is -1.15. The van der Waals surface area contributed by atoms with Gasteiger partial charge in [0.15, 0.2) is 0 Å². The van der Waals surface area contributed by atoms with Crippen LogP contribution in [0, 0.1) is 12.8 Å². The van der Waals surface area contributed by atoms with Crippen molar-refractivity contribution < 1.29 is 22.6 Å². The predicted octanol–water partition coefficient (Wildman–Crippen LogP) is 2.07. The van der Waals surface area contributed by atoms with Gasteiger partial charge in [-0.1, -0.05) is 6.07 Å². The third-order valence-electron chi connectivity index (χ3n) is 4.30. The van der Waals surface area contributed by atoms with Gasteiger partial charge in [-0.15, -0.1) is 0 Å². The zero-order chi connectivity index (χ0) is 17.6. The van der Waals surface area contributed by atoms with Gasteiger partial charge in [-0.2, -0.15) is 4.31 Å². The van der Waals surface area contributed by atoms with Crippen molar-refractivity contribution in [3.8, 4) is 5.75 Å². The Morgan fingerprint density at radius 3 is 2.50 bits per heavy atom. The molecule has 0 N–H and O–H groups in total. The molecule has 1 heterocycles. The Balaban J connectivity index is 1.99. The van der Waals surface area contributed by atoms with Crippen molar-refractivity contribution in [2.75, 3.05) is 47.1 Å². The summed E-state index contributed by atoms with van der Waals surface area (Å²) in [4.78, 5) is 0.250. The molecule has 136 valence electrons. The Morgan fingerprint density at radius 2 is 1.88 bits per heavy atom. The van der Waals surface area contributed by atoms with Crippen LogP contribution >= 0.6 is 0 Å². The average Bonchev–Trinajstić information content (AvgIpc) is 2.59. The Bertz CT molecular complexity index is 624. The number of benzene rings is 1. The maximum Gasteiger partial charge on any atom is 0.246 e. The summed E-state index contributed by atoms with van der Waals surface area (Å²) in [5, 5.41) is 0. The normalized spacial score (nSPS) is 17.1. The molecular formula is C17H27NO5S. The predicted molar refractivity (Wildman–Crippen MR) is 91.9 cm³/mol. The summed E-state index contributed by atoms with van der Waals surface area (Å²) in [6.45, 7) is 4.72. The van der Waals surface area contributed by atoms with Crippen LogP contribution in [-0.4, -0.2) is 59.9 Å². The van der Waals surface area contributed by atoms with Gasteiger partial charge in [-0.05, 0) is 43.4 Å². The molecule has 1 aromatic carbocycles. The molecule has 1 aliphatic heterocycles. The SMILES string of the molecule is COCCOCC1CCN(S(=O)(=O)c2cc(C)ccc2OC)CC1. The summed E-state index contributed by atoms with van der Waals surface area (Å²) >= 11 is 0. The molecule has 0 amide bonds. The van der Waals surface area contributed by atoms with E-state index < -0.39 is 10.0 Å². The minimum absolute atomic E-state index is 0.250. The van der Waals surface area contributed by atoms with Crippen LogP contribution in [0.4, 0.5) is 0 Å². The Kier molecular flexibility index (Phi) is 7.03. The lowest BCUT2D eigenvalue weighted by atomic mass is 9.99. The zero-order valence-corrected chi connectivity index (χ0v) is 15.5. The first-order chi connectivity index (χ1) is 11.5. The third kappa shape index (κ3) is 4.69. The van der Waals surface area contributed by atoms with E-state index in [1.54, 1.807) is 23.5 Å². The average molecular weight is 357 g/mol. The number of piperidine rings is 1. The first kappa shape index (κ1) is 19.2. The van der Waals surface area contributed by atoms with Crippen LogP contribution in [0.5, 0.6) is 5.75 Å². The van der Waals surface area contributed by atoms with Crippen LogP contribution in [0.15, 0.2) is 23.1 Å². The number of nitrogens with zero attached hydrogens (tertiary/aromatic N) is 1. The van der Waals surface area contributed by atoms with Gasteiger partial charge in [0.25, 0.3) is 0 Å². The first-order valence-electron chi connectivity index (χ1n) is 8.20. The maximum atomic E-state index is 12.9. The van der Waals surface area contributed by atoms with E-state index in [0.29, 0.717) is 44.6 Å². The maximum absolute atomic E-state index is 12.9. The molecule has 24 heavy (non-hydrogen) atoms. The molecule has 6 nitrogen and oxygen atoms in total. The largest absolute Gasteiger partial charge is 0.495 e. The molecule has 0 aliphatic carbocycles. The van der Waals surface area contributed by atoms with Crippen LogP contribution in [-0.2, 0) is 19.5 Å². The Morgan fingerprint density at radius 1 is 1.17 bits per heavy atom. The second-order valence-electron chi connectivity index (χ2n) is 6.07. The minimum atomic E-state index is -3.53. The van der Waals surface area contributed by atoms with Crippen molar-refractivity contribution in [2.24, 2.45) is 5.92 Å². The second-order valence-corrected chi connectivity index (χ2v) is 7.98.